The summed E-state index contributed by atoms with van der Waals surface area (Å²) in [4.78, 5) is 10.0. The van der Waals surface area contributed by atoms with E-state index in [4.69, 9.17) is 0 Å². The first-order valence-corrected chi connectivity index (χ1v) is 7.16. The number of thioether (sulfide) groups is 1. The molecule has 0 heterocycles. The van der Waals surface area contributed by atoms with E-state index in [1.54, 1.807) is 0 Å². The van der Waals surface area contributed by atoms with Crippen LogP contribution in [-0.4, -0.2) is 56.2 Å². The Morgan fingerprint density at radius 3 is 2.16 bits per heavy atom. The fourth-order valence-corrected chi connectivity index (χ4v) is 2.49. The van der Waals surface area contributed by atoms with E-state index in [2.05, 4.69) is 35.3 Å². The zero-order valence-corrected chi connectivity index (χ0v) is 15.3. The fourth-order valence-electron chi connectivity index (χ4n) is 1.63. The van der Waals surface area contributed by atoms with Crippen molar-refractivity contribution in [2.24, 2.45) is 4.99 Å². The first-order valence-electron chi connectivity index (χ1n) is 6.18. The number of hydrogen-bond donors (Lipinski definition) is 0. The van der Waals surface area contributed by atoms with Crippen LogP contribution in [-0.2, 0) is 0 Å². The summed E-state index contributed by atoms with van der Waals surface area (Å²) in [6, 6.07) is 10.5. The van der Waals surface area contributed by atoms with Gasteiger partial charge in [0.15, 0.2) is 5.96 Å². The summed E-state index contributed by atoms with van der Waals surface area (Å²) < 4.78 is 0. The summed E-state index contributed by atoms with van der Waals surface area (Å²) in [5.74, 6) is 2.14. The molecule has 0 atom stereocenters. The quantitative estimate of drug-likeness (QED) is 0.252. The van der Waals surface area contributed by atoms with Crippen LogP contribution in [0.5, 0.6) is 0 Å². The van der Waals surface area contributed by atoms with Gasteiger partial charge in [0.25, 0.3) is 0 Å². The van der Waals surface area contributed by atoms with Gasteiger partial charge in [0, 0.05) is 39.6 Å². The molecule has 0 fully saturated rings. The summed E-state index contributed by atoms with van der Waals surface area (Å²) in [5, 5.41) is 0. The summed E-state index contributed by atoms with van der Waals surface area (Å²) >= 11 is 1.89. The lowest BCUT2D eigenvalue weighted by Crippen LogP contribution is -2.35. The lowest BCUT2D eigenvalue weighted by molar-refractivity contribution is 0.479. The Hall–Kier alpha value is -0.430. The lowest BCUT2D eigenvalue weighted by Gasteiger charge is -2.22. The first-order chi connectivity index (χ1) is 8.61. The molecule has 108 valence electrons. The smallest absolute Gasteiger partial charge is 0.195 e. The van der Waals surface area contributed by atoms with Gasteiger partial charge in [-0.2, -0.15) is 0 Å². The Morgan fingerprint density at radius 2 is 1.63 bits per heavy atom. The van der Waals surface area contributed by atoms with Gasteiger partial charge in [-0.1, -0.05) is 18.2 Å². The van der Waals surface area contributed by atoms with Crippen LogP contribution >= 0.6 is 35.7 Å². The highest BCUT2D eigenvalue weighted by molar-refractivity contribution is 14.0. The van der Waals surface area contributed by atoms with Crippen molar-refractivity contribution < 1.29 is 0 Å². The fraction of sp³-hybridized carbons (Fsp3) is 0.500. The van der Waals surface area contributed by atoms with Crippen LogP contribution in [0.4, 0.5) is 0 Å². The van der Waals surface area contributed by atoms with E-state index >= 15 is 0 Å². The molecule has 1 aromatic rings. The number of guanidine groups is 1. The molecule has 0 amide bonds. The molecular formula is C14H24IN3S. The molecule has 0 bridgehead atoms. The van der Waals surface area contributed by atoms with E-state index < -0.39 is 0 Å². The molecule has 0 aliphatic carbocycles. The Bertz CT molecular complexity index is 356. The molecule has 0 saturated heterocycles. The van der Waals surface area contributed by atoms with E-state index in [1.165, 1.54) is 4.90 Å². The molecule has 0 spiro atoms. The van der Waals surface area contributed by atoms with Crippen LogP contribution in [0.15, 0.2) is 40.2 Å². The van der Waals surface area contributed by atoms with Crippen LogP contribution in [0.25, 0.3) is 0 Å². The van der Waals surface area contributed by atoms with Crippen molar-refractivity contribution in [1.29, 1.82) is 0 Å². The van der Waals surface area contributed by atoms with Gasteiger partial charge in [-0.25, -0.2) is 0 Å². The summed E-state index contributed by atoms with van der Waals surface area (Å²) in [6.07, 6.45) is 1.10. The number of nitrogens with zero attached hydrogens (tertiary/aromatic N) is 3. The van der Waals surface area contributed by atoms with Crippen LogP contribution in [0.3, 0.4) is 0 Å². The third kappa shape index (κ3) is 7.67. The number of halogens is 1. The summed E-state index contributed by atoms with van der Waals surface area (Å²) in [6.45, 7) is 0.880. The van der Waals surface area contributed by atoms with E-state index in [-0.39, 0.29) is 24.0 Å². The lowest BCUT2D eigenvalue weighted by atomic mass is 10.4. The van der Waals surface area contributed by atoms with Gasteiger partial charge in [-0.15, -0.1) is 35.7 Å². The molecule has 0 aliphatic heterocycles. The number of benzene rings is 1. The maximum Gasteiger partial charge on any atom is 0.195 e. The molecule has 0 aliphatic rings. The molecule has 1 aromatic carbocycles. The minimum Gasteiger partial charge on any atom is -0.349 e. The highest BCUT2D eigenvalue weighted by Crippen LogP contribution is 2.17. The van der Waals surface area contributed by atoms with Crippen molar-refractivity contribution in [3.8, 4) is 0 Å². The van der Waals surface area contributed by atoms with E-state index in [1.807, 2.05) is 49.8 Å². The summed E-state index contributed by atoms with van der Waals surface area (Å²) in [7, 11) is 8.10. The Balaban J connectivity index is 0.00000324. The molecule has 3 nitrogen and oxygen atoms in total. The van der Waals surface area contributed by atoms with Crippen molar-refractivity contribution >= 4 is 41.7 Å². The van der Waals surface area contributed by atoms with Crippen molar-refractivity contribution in [3.63, 3.8) is 0 Å². The predicted octanol–water partition coefficient (Wildman–Crippen LogP) is 3.27. The van der Waals surface area contributed by atoms with Gasteiger partial charge in [0.05, 0.1) is 0 Å². The van der Waals surface area contributed by atoms with Crippen LogP contribution < -0.4 is 0 Å². The second kappa shape index (κ2) is 10.4. The van der Waals surface area contributed by atoms with Crippen LogP contribution in [0, 0.1) is 0 Å². The van der Waals surface area contributed by atoms with Gasteiger partial charge in [-0.05, 0) is 24.3 Å². The van der Waals surface area contributed by atoms with E-state index in [0.29, 0.717) is 0 Å². The van der Waals surface area contributed by atoms with Crippen molar-refractivity contribution in [2.75, 3.05) is 40.5 Å². The Kier molecular flexibility index (Phi) is 10.1. The topological polar surface area (TPSA) is 18.8 Å². The maximum absolute atomic E-state index is 4.61. The number of aliphatic imine (C=N–C) groups is 1. The highest BCUT2D eigenvalue weighted by atomic mass is 127. The molecule has 19 heavy (non-hydrogen) atoms. The average molecular weight is 393 g/mol. The number of hydrogen-bond acceptors (Lipinski definition) is 2. The predicted molar refractivity (Wildman–Crippen MR) is 96.9 cm³/mol. The largest absolute Gasteiger partial charge is 0.349 e. The third-order valence-corrected chi connectivity index (χ3v) is 3.47. The van der Waals surface area contributed by atoms with Gasteiger partial charge in [0.2, 0.25) is 0 Å². The average Bonchev–Trinajstić information content (AvgIpc) is 2.34. The third-order valence-electron chi connectivity index (χ3n) is 2.37. The molecule has 0 radical (unpaired) electrons. The normalized spacial score (nSPS) is 9.47. The zero-order chi connectivity index (χ0) is 13.4. The monoisotopic (exact) mass is 393 g/mol. The van der Waals surface area contributed by atoms with E-state index in [0.717, 1.165) is 24.7 Å². The van der Waals surface area contributed by atoms with Gasteiger partial charge < -0.3 is 9.80 Å². The molecule has 0 unspecified atom stereocenters. The Morgan fingerprint density at radius 1 is 1.05 bits per heavy atom. The van der Waals surface area contributed by atoms with Crippen LogP contribution in [0.2, 0.25) is 0 Å². The van der Waals surface area contributed by atoms with Gasteiger partial charge in [0.1, 0.15) is 0 Å². The SMILES string of the molecule is CN(C)C(=NCCCSc1ccccc1)N(C)C.I. The Labute approximate surface area is 138 Å². The van der Waals surface area contributed by atoms with E-state index in [9.17, 15) is 0 Å². The standard InChI is InChI=1S/C14H23N3S.HI/c1-16(2)14(17(3)4)15-11-8-12-18-13-9-6-5-7-10-13;/h5-7,9-10H,8,11-12H2,1-4H3;1H. The molecule has 1 rings (SSSR count). The second-order valence-electron chi connectivity index (χ2n) is 4.49. The first kappa shape index (κ1) is 18.6. The maximum atomic E-state index is 4.61. The zero-order valence-electron chi connectivity index (χ0n) is 12.2. The molecule has 0 saturated carbocycles. The number of rotatable bonds is 5. The summed E-state index contributed by atoms with van der Waals surface area (Å²) in [5.41, 5.74) is 0. The minimum absolute atomic E-state index is 0. The molecule has 5 heteroatoms. The van der Waals surface area contributed by atoms with Crippen molar-refractivity contribution in [3.05, 3.63) is 30.3 Å². The highest BCUT2D eigenvalue weighted by Gasteiger charge is 2.02. The second-order valence-corrected chi connectivity index (χ2v) is 5.65. The van der Waals surface area contributed by atoms with Gasteiger partial charge >= 0.3 is 0 Å². The minimum atomic E-state index is 0. The molecular weight excluding hydrogens is 369 g/mol. The molecule has 0 aromatic heterocycles. The van der Waals surface area contributed by atoms with Gasteiger partial charge in [-0.3, -0.25) is 4.99 Å². The molecule has 0 N–H and O–H groups in total. The van der Waals surface area contributed by atoms with Crippen molar-refractivity contribution in [1.82, 2.24) is 9.80 Å². The van der Waals surface area contributed by atoms with Crippen LogP contribution in [0.1, 0.15) is 6.42 Å². The van der Waals surface area contributed by atoms with Crippen molar-refractivity contribution in [2.45, 2.75) is 11.3 Å².